The second-order valence-corrected chi connectivity index (χ2v) is 9.37. The molecule has 1 aliphatic carbocycles. The van der Waals surface area contributed by atoms with Crippen molar-refractivity contribution in [2.24, 2.45) is 0 Å². The molecule has 1 aliphatic rings. The maximum absolute atomic E-state index is 14.0. The summed E-state index contributed by atoms with van der Waals surface area (Å²) < 4.78 is 7.16. The first-order valence-electron chi connectivity index (χ1n) is 12.7. The molecule has 8 nitrogen and oxygen atoms in total. The lowest BCUT2D eigenvalue weighted by Crippen LogP contribution is -2.46. The maximum atomic E-state index is 14.0. The Labute approximate surface area is 216 Å². The van der Waals surface area contributed by atoms with Crippen molar-refractivity contribution in [2.75, 3.05) is 7.11 Å². The highest BCUT2D eigenvalue weighted by atomic mass is 16.5. The number of para-hydroxylation sites is 2. The van der Waals surface area contributed by atoms with Gasteiger partial charge >= 0.3 is 0 Å². The van der Waals surface area contributed by atoms with Gasteiger partial charge in [0, 0.05) is 11.6 Å². The number of ether oxygens (including phenoxy) is 1. The van der Waals surface area contributed by atoms with Gasteiger partial charge in [-0.2, -0.15) is 0 Å². The molecule has 37 heavy (non-hydrogen) atoms. The molecule has 0 radical (unpaired) electrons. The summed E-state index contributed by atoms with van der Waals surface area (Å²) in [6.07, 6.45) is 4.12. The number of fused-ring (bicyclic) bond motifs is 1. The predicted octanol–water partition coefficient (Wildman–Crippen LogP) is 4.27. The van der Waals surface area contributed by atoms with Crippen molar-refractivity contribution in [3.63, 3.8) is 0 Å². The number of carbonyl (C=O) groups is 2. The first kappa shape index (κ1) is 24.5. The van der Waals surface area contributed by atoms with Gasteiger partial charge < -0.3 is 15.0 Å². The van der Waals surface area contributed by atoms with Crippen molar-refractivity contribution in [2.45, 2.75) is 50.9 Å². The average Bonchev–Trinajstić information content (AvgIpc) is 3.59. The van der Waals surface area contributed by atoms with E-state index in [9.17, 15) is 9.59 Å². The van der Waals surface area contributed by atoms with Crippen LogP contribution in [0, 0.1) is 0 Å². The van der Waals surface area contributed by atoms with Crippen molar-refractivity contribution in [3.8, 4) is 5.75 Å². The largest absolute Gasteiger partial charge is 0.496 e. The van der Waals surface area contributed by atoms with E-state index in [1.54, 1.807) is 16.7 Å². The van der Waals surface area contributed by atoms with Crippen LogP contribution in [0.5, 0.6) is 5.75 Å². The van der Waals surface area contributed by atoms with Crippen LogP contribution >= 0.6 is 0 Å². The SMILES string of the molecule is COc1ccccc1CN(C(=O)Cn1nnc2ccccc21)[C@@H](C(=O)NC1CCCC1)c1ccccc1. The second kappa shape index (κ2) is 11.2. The van der Waals surface area contributed by atoms with Gasteiger partial charge in [0.2, 0.25) is 11.8 Å². The number of carbonyl (C=O) groups excluding carboxylic acids is 2. The number of benzene rings is 3. The van der Waals surface area contributed by atoms with E-state index < -0.39 is 6.04 Å². The predicted molar refractivity (Wildman–Crippen MR) is 141 cm³/mol. The summed E-state index contributed by atoms with van der Waals surface area (Å²) in [4.78, 5) is 29.5. The lowest BCUT2D eigenvalue weighted by molar-refractivity contribution is -0.142. The molecule has 8 heteroatoms. The van der Waals surface area contributed by atoms with Crippen LogP contribution in [0.3, 0.4) is 0 Å². The molecule has 5 rings (SSSR count). The molecule has 0 bridgehead atoms. The summed E-state index contributed by atoms with van der Waals surface area (Å²) >= 11 is 0. The van der Waals surface area contributed by atoms with E-state index in [2.05, 4.69) is 15.6 Å². The van der Waals surface area contributed by atoms with Gasteiger partial charge in [-0.1, -0.05) is 78.7 Å². The highest BCUT2D eigenvalue weighted by molar-refractivity contribution is 5.89. The molecule has 1 fully saturated rings. The van der Waals surface area contributed by atoms with Crippen LogP contribution < -0.4 is 10.1 Å². The van der Waals surface area contributed by atoms with Gasteiger partial charge in [-0.3, -0.25) is 9.59 Å². The van der Waals surface area contributed by atoms with Gasteiger partial charge in [0.1, 0.15) is 23.9 Å². The standard InChI is InChI=1S/C29H31N5O3/c1-37-26-18-10-5-13-22(26)19-33(27(35)20-34-25-17-9-8-16-24(25)31-32-34)28(21-11-3-2-4-12-21)29(36)30-23-14-6-7-15-23/h2-5,8-13,16-18,23,28H,6-7,14-15,19-20H2,1H3,(H,30,36)/t28-/m1/s1. The number of nitrogens with one attached hydrogen (secondary N) is 1. The molecule has 1 saturated carbocycles. The van der Waals surface area contributed by atoms with Gasteiger partial charge in [-0.25, -0.2) is 4.68 Å². The van der Waals surface area contributed by atoms with E-state index in [4.69, 9.17) is 4.74 Å². The number of amides is 2. The minimum Gasteiger partial charge on any atom is -0.496 e. The number of methoxy groups -OCH3 is 1. The molecule has 3 aromatic carbocycles. The topological polar surface area (TPSA) is 89.3 Å². The van der Waals surface area contributed by atoms with Crippen molar-refractivity contribution >= 4 is 22.8 Å². The summed E-state index contributed by atoms with van der Waals surface area (Å²) in [5.41, 5.74) is 3.05. The summed E-state index contributed by atoms with van der Waals surface area (Å²) in [6, 6.07) is 23.9. The van der Waals surface area contributed by atoms with E-state index in [-0.39, 0.29) is 30.9 Å². The Morgan fingerprint density at radius 3 is 2.49 bits per heavy atom. The van der Waals surface area contributed by atoms with E-state index in [1.165, 1.54) is 0 Å². The highest BCUT2D eigenvalue weighted by Crippen LogP contribution is 2.29. The highest BCUT2D eigenvalue weighted by Gasteiger charge is 2.34. The molecule has 2 amide bonds. The number of rotatable bonds is 9. The molecule has 0 spiro atoms. The molecule has 0 saturated heterocycles. The third-order valence-corrected chi connectivity index (χ3v) is 6.94. The van der Waals surface area contributed by atoms with Gasteiger partial charge in [0.25, 0.3) is 0 Å². The van der Waals surface area contributed by atoms with Crippen LogP contribution in [0.25, 0.3) is 11.0 Å². The number of aromatic nitrogens is 3. The fraction of sp³-hybridized carbons (Fsp3) is 0.310. The van der Waals surface area contributed by atoms with Gasteiger partial charge in [0.15, 0.2) is 0 Å². The lowest BCUT2D eigenvalue weighted by atomic mass is 10.0. The molecule has 4 aromatic rings. The van der Waals surface area contributed by atoms with Crippen molar-refractivity contribution < 1.29 is 14.3 Å². The molecule has 0 aliphatic heterocycles. The zero-order chi connectivity index (χ0) is 25.6. The fourth-order valence-corrected chi connectivity index (χ4v) is 5.05. The monoisotopic (exact) mass is 497 g/mol. The minimum atomic E-state index is -0.811. The first-order chi connectivity index (χ1) is 18.1. The Kier molecular flexibility index (Phi) is 7.44. The molecule has 1 atom stereocenters. The number of hydrogen-bond donors (Lipinski definition) is 1. The Balaban J connectivity index is 1.53. The van der Waals surface area contributed by atoms with Gasteiger partial charge in [-0.15, -0.1) is 5.10 Å². The van der Waals surface area contributed by atoms with Crippen LogP contribution in [0.1, 0.15) is 42.9 Å². The van der Waals surface area contributed by atoms with Crippen molar-refractivity contribution in [1.82, 2.24) is 25.2 Å². The maximum Gasteiger partial charge on any atom is 0.247 e. The number of nitrogens with zero attached hydrogens (tertiary/aromatic N) is 4. The smallest absolute Gasteiger partial charge is 0.247 e. The minimum absolute atomic E-state index is 0.0459. The molecular formula is C29H31N5O3. The Hall–Kier alpha value is -4.20. The van der Waals surface area contributed by atoms with Crippen LogP contribution in [-0.2, 0) is 22.7 Å². The number of hydrogen-bond acceptors (Lipinski definition) is 5. The first-order valence-corrected chi connectivity index (χ1v) is 12.7. The summed E-state index contributed by atoms with van der Waals surface area (Å²) in [6.45, 7) is 0.156. The molecule has 190 valence electrons. The molecule has 1 aromatic heterocycles. The Morgan fingerprint density at radius 2 is 1.70 bits per heavy atom. The average molecular weight is 498 g/mol. The summed E-state index contributed by atoms with van der Waals surface area (Å²) in [5, 5.41) is 11.6. The fourth-order valence-electron chi connectivity index (χ4n) is 5.05. The summed E-state index contributed by atoms with van der Waals surface area (Å²) in [5.74, 6) is 0.247. The Bertz CT molecular complexity index is 1360. The van der Waals surface area contributed by atoms with Crippen LogP contribution in [0.2, 0.25) is 0 Å². The van der Waals surface area contributed by atoms with E-state index in [0.717, 1.165) is 42.3 Å². The third-order valence-electron chi connectivity index (χ3n) is 6.94. The van der Waals surface area contributed by atoms with Crippen molar-refractivity contribution in [1.29, 1.82) is 0 Å². The van der Waals surface area contributed by atoms with E-state index in [1.807, 2.05) is 78.9 Å². The van der Waals surface area contributed by atoms with E-state index in [0.29, 0.717) is 11.3 Å². The molecule has 1 heterocycles. The quantitative estimate of drug-likeness (QED) is 0.373. The van der Waals surface area contributed by atoms with Gasteiger partial charge in [-0.05, 0) is 36.6 Å². The third kappa shape index (κ3) is 5.48. The molecule has 1 N–H and O–H groups in total. The van der Waals surface area contributed by atoms with Crippen LogP contribution in [-0.4, -0.2) is 44.9 Å². The second-order valence-electron chi connectivity index (χ2n) is 9.37. The van der Waals surface area contributed by atoms with Crippen LogP contribution in [0.4, 0.5) is 0 Å². The summed E-state index contributed by atoms with van der Waals surface area (Å²) in [7, 11) is 1.61. The van der Waals surface area contributed by atoms with Crippen LogP contribution in [0.15, 0.2) is 78.9 Å². The Morgan fingerprint density at radius 1 is 1.00 bits per heavy atom. The van der Waals surface area contributed by atoms with E-state index >= 15 is 0 Å². The zero-order valence-electron chi connectivity index (χ0n) is 20.9. The normalized spacial score (nSPS) is 14.4. The zero-order valence-corrected chi connectivity index (χ0v) is 20.9. The van der Waals surface area contributed by atoms with Gasteiger partial charge in [0.05, 0.1) is 19.2 Å². The molecular weight excluding hydrogens is 466 g/mol. The lowest BCUT2D eigenvalue weighted by Gasteiger charge is -2.32. The van der Waals surface area contributed by atoms with Crippen molar-refractivity contribution in [3.05, 3.63) is 90.0 Å². The molecule has 0 unspecified atom stereocenters.